The van der Waals surface area contributed by atoms with Gasteiger partial charge in [-0.15, -0.1) is 0 Å². The van der Waals surface area contributed by atoms with E-state index in [0.717, 1.165) is 0 Å². The summed E-state index contributed by atoms with van der Waals surface area (Å²) in [6.45, 7) is -0.486. The summed E-state index contributed by atoms with van der Waals surface area (Å²) in [4.78, 5) is 0. The van der Waals surface area contributed by atoms with E-state index in [1.54, 1.807) is 0 Å². The normalized spacial score (nSPS) is 37.9. The van der Waals surface area contributed by atoms with E-state index in [9.17, 15) is 18.6 Å². The predicted molar refractivity (Wildman–Crippen MR) is 47.0 cm³/mol. The van der Waals surface area contributed by atoms with Crippen molar-refractivity contribution < 1.29 is 32.1 Å². The minimum atomic E-state index is -4.55. The van der Waals surface area contributed by atoms with Crippen LogP contribution in [-0.4, -0.2) is 54.3 Å². The second-order valence-electron chi connectivity index (χ2n) is 3.24. The first-order chi connectivity index (χ1) is 6.79. The summed E-state index contributed by atoms with van der Waals surface area (Å²) in [5.74, 6) is 0. The van der Waals surface area contributed by atoms with Crippen molar-refractivity contribution in [3.63, 3.8) is 0 Å². The van der Waals surface area contributed by atoms with Crippen molar-refractivity contribution in [2.24, 2.45) is 5.73 Å². The number of ether oxygens (including phenoxy) is 1. The third-order valence-corrected chi connectivity index (χ3v) is 2.45. The molecule has 1 fully saturated rings. The molecular weight excluding hydrogens is 230 g/mol. The van der Waals surface area contributed by atoms with Gasteiger partial charge < -0.3 is 20.7 Å². The molecule has 0 bridgehead atoms. The lowest BCUT2D eigenvalue weighted by Crippen LogP contribution is -2.54. The first-order valence-electron chi connectivity index (χ1n) is 4.18. The average Bonchev–Trinajstić information content (AvgIpc) is 2.09. The van der Waals surface area contributed by atoms with Crippen molar-refractivity contribution in [2.45, 2.75) is 31.0 Å². The lowest BCUT2D eigenvalue weighted by Gasteiger charge is -2.34. The van der Waals surface area contributed by atoms with Crippen LogP contribution in [0, 0.1) is 0 Å². The first-order valence-corrected chi connectivity index (χ1v) is 5.55. The van der Waals surface area contributed by atoms with Crippen LogP contribution in [0.3, 0.4) is 0 Å². The molecule has 0 radical (unpaired) electrons. The van der Waals surface area contributed by atoms with Gasteiger partial charge >= 0.3 is 10.4 Å². The monoisotopic (exact) mass is 243 g/mol. The van der Waals surface area contributed by atoms with Gasteiger partial charge in [-0.25, -0.2) is 4.18 Å². The maximum Gasteiger partial charge on any atom is 0.397 e. The average molecular weight is 243 g/mol. The molecule has 0 aromatic rings. The van der Waals surface area contributed by atoms with Crippen LogP contribution in [0.5, 0.6) is 0 Å². The molecule has 15 heavy (non-hydrogen) atoms. The zero-order valence-electron chi connectivity index (χ0n) is 7.68. The predicted octanol–water partition coefficient (Wildman–Crippen LogP) is -2.40. The second kappa shape index (κ2) is 4.70. The van der Waals surface area contributed by atoms with Gasteiger partial charge in [0.1, 0.15) is 0 Å². The first kappa shape index (κ1) is 12.8. The van der Waals surface area contributed by atoms with Crippen LogP contribution in [-0.2, 0) is 19.3 Å². The van der Waals surface area contributed by atoms with E-state index >= 15 is 0 Å². The molecule has 0 aliphatic carbocycles. The number of nitrogens with two attached hydrogens (primary N) is 1. The number of aliphatic hydroxyl groups excluding tert-OH is 2. The van der Waals surface area contributed by atoms with Crippen molar-refractivity contribution in [3.8, 4) is 0 Å². The molecule has 1 saturated heterocycles. The van der Waals surface area contributed by atoms with Gasteiger partial charge in [-0.3, -0.25) is 4.55 Å². The van der Waals surface area contributed by atoms with Crippen molar-refractivity contribution in [2.75, 3.05) is 6.61 Å². The standard InChI is InChI=1S/C6H13NO7S/c7-5-4(8)1-3(14-6(5)9)2-13-15(10,11)12/h3-6,8-9H,1-2,7H2,(H,10,11,12)/t3?,4-,5?,6+/m0/s1. The molecule has 0 spiro atoms. The molecule has 0 amide bonds. The topological polar surface area (TPSA) is 139 Å². The summed E-state index contributed by atoms with van der Waals surface area (Å²) in [6, 6.07) is -0.938. The highest BCUT2D eigenvalue weighted by Gasteiger charge is 2.34. The molecule has 1 heterocycles. The van der Waals surface area contributed by atoms with Crippen molar-refractivity contribution >= 4 is 10.4 Å². The Kier molecular flexibility index (Phi) is 4.00. The summed E-state index contributed by atoms with van der Waals surface area (Å²) in [7, 11) is -4.55. The molecule has 5 N–H and O–H groups in total. The fourth-order valence-corrected chi connectivity index (χ4v) is 1.55. The third-order valence-electron chi connectivity index (χ3n) is 2.01. The molecule has 2 unspecified atom stereocenters. The smallest absolute Gasteiger partial charge is 0.391 e. The van der Waals surface area contributed by atoms with Gasteiger partial charge in [-0.05, 0) is 0 Å². The van der Waals surface area contributed by atoms with Gasteiger partial charge in [-0.1, -0.05) is 0 Å². The van der Waals surface area contributed by atoms with Crippen LogP contribution in [0.2, 0.25) is 0 Å². The Morgan fingerprint density at radius 3 is 2.53 bits per heavy atom. The number of hydrogen-bond donors (Lipinski definition) is 4. The molecule has 1 aliphatic heterocycles. The minimum Gasteiger partial charge on any atom is -0.391 e. The lowest BCUT2D eigenvalue weighted by molar-refractivity contribution is -0.206. The molecule has 9 heteroatoms. The summed E-state index contributed by atoms with van der Waals surface area (Å²) in [6.07, 6.45) is -3.21. The van der Waals surface area contributed by atoms with Crippen LogP contribution in [0.4, 0.5) is 0 Å². The second-order valence-corrected chi connectivity index (χ2v) is 4.33. The maximum atomic E-state index is 10.2. The molecule has 0 aromatic heterocycles. The van der Waals surface area contributed by atoms with Crippen LogP contribution < -0.4 is 5.73 Å². The zero-order chi connectivity index (χ0) is 11.6. The number of hydrogen-bond acceptors (Lipinski definition) is 7. The zero-order valence-corrected chi connectivity index (χ0v) is 8.50. The molecule has 4 atom stereocenters. The Bertz CT molecular complexity index is 293. The van der Waals surface area contributed by atoms with E-state index in [0.29, 0.717) is 0 Å². The number of aliphatic hydroxyl groups is 2. The fourth-order valence-electron chi connectivity index (χ4n) is 1.23. The number of rotatable bonds is 3. The fraction of sp³-hybridized carbons (Fsp3) is 1.00. The van der Waals surface area contributed by atoms with Gasteiger partial charge in [-0.2, -0.15) is 8.42 Å². The van der Waals surface area contributed by atoms with Gasteiger partial charge in [0, 0.05) is 6.42 Å². The third kappa shape index (κ3) is 3.99. The SMILES string of the molecule is NC1[C@H](O)OC(COS(=O)(=O)O)C[C@@H]1O. The van der Waals surface area contributed by atoms with Crippen LogP contribution >= 0.6 is 0 Å². The van der Waals surface area contributed by atoms with E-state index in [1.807, 2.05) is 0 Å². The Balaban J connectivity index is 2.45. The van der Waals surface area contributed by atoms with Crippen LogP contribution in [0.25, 0.3) is 0 Å². The van der Waals surface area contributed by atoms with E-state index in [2.05, 4.69) is 4.18 Å². The van der Waals surface area contributed by atoms with Crippen LogP contribution in [0.15, 0.2) is 0 Å². The molecule has 90 valence electrons. The summed E-state index contributed by atoms with van der Waals surface area (Å²) >= 11 is 0. The maximum absolute atomic E-state index is 10.2. The lowest BCUT2D eigenvalue weighted by atomic mass is 10.0. The highest BCUT2D eigenvalue weighted by atomic mass is 32.3. The molecular formula is C6H13NO7S. The Morgan fingerprint density at radius 1 is 1.47 bits per heavy atom. The molecule has 0 aromatic carbocycles. The summed E-state index contributed by atoms with van der Waals surface area (Å²) < 4.78 is 37.6. The van der Waals surface area contributed by atoms with E-state index in [4.69, 9.17) is 15.0 Å². The summed E-state index contributed by atoms with van der Waals surface area (Å²) in [5, 5.41) is 18.5. The highest BCUT2D eigenvalue weighted by Crippen LogP contribution is 2.18. The van der Waals surface area contributed by atoms with Crippen LogP contribution in [0.1, 0.15) is 6.42 Å². The van der Waals surface area contributed by atoms with Crippen molar-refractivity contribution in [1.29, 1.82) is 0 Å². The minimum absolute atomic E-state index is 0.0216. The molecule has 0 saturated carbocycles. The molecule has 8 nitrogen and oxygen atoms in total. The van der Waals surface area contributed by atoms with E-state index in [-0.39, 0.29) is 6.42 Å². The van der Waals surface area contributed by atoms with Gasteiger partial charge in [0.15, 0.2) is 6.29 Å². The van der Waals surface area contributed by atoms with E-state index < -0.39 is 41.5 Å². The molecule has 1 aliphatic rings. The Morgan fingerprint density at radius 2 is 2.07 bits per heavy atom. The van der Waals surface area contributed by atoms with Gasteiger partial charge in [0.05, 0.1) is 24.9 Å². The molecule has 1 rings (SSSR count). The van der Waals surface area contributed by atoms with Gasteiger partial charge in [0.2, 0.25) is 0 Å². The quantitative estimate of drug-likeness (QED) is 0.402. The van der Waals surface area contributed by atoms with Crippen molar-refractivity contribution in [3.05, 3.63) is 0 Å². The highest BCUT2D eigenvalue weighted by molar-refractivity contribution is 7.80. The Hall–Kier alpha value is -0.290. The largest absolute Gasteiger partial charge is 0.397 e. The van der Waals surface area contributed by atoms with Crippen molar-refractivity contribution in [1.82, 2.24) is 0 Å². The summed E-state index contributed by atoms with van der Waals surface area (Å²) in [5.41, 5.74) is 5.33. The van der Waals surface area contributed by atoms with Gasteiger partial charge in [0.25, 0.3) is 0 Å². The van der Waals surface area contributed by atoms with E-state index in [1.165, 1.54) is 0 Å². The Labute approximate surface area is 86.6 Å².